The minimum absolute atomic E-state index is 0.283. The summed E-state index contributed by atoms with van der Waals surface area (Å²) in [5.41, 5.74) is 1.81. The average molecular weight is 410 g/mol. The summed E-state index contributed by atoms with van der Waals surface area (Å²) in [4.78, 5) is 47.0. The van der Waals surface area contributed by atoms with Crippen LogP contribution in [0.5, 0.6) is 0 Å². The van der Waals surface area contributed by atoms with Crippen molar-refractivity contribution in [1.29, 1.82) is 0 Å². The maximum Gasteiger partial charge on any atom is 0.309 e. The van der Waals surface area contributed by atoms with Crippen molar-refractivity contribution in [1.82, 2.24) is 21.3 Å². The third-order valence-electron chi connectivity index (χ3n) is 4.18. The molecule has 0 saturated carbocycles. The lowest BCUT2D eigenvalue weighted by molar-refractivity contribution is -0.139. The van der Waals surface area contributed by atoms with Crippen molar-refractivity contribution in [3.8, 4) is 0 Å². The minimum Gasteiger partial charge on any atom is -0.348 e. The Morgan fingerprint density at radius 1 is 0.500 bits per heavy atom. The Morgan fingerprint density at radius 2 is 0.833 bits per heavy atom. The Kier molecular flexibility index (Phi) is 9.58. The molecule has 0 aliphatic carbocycles. The van der Waals surface area contributed by atoms with E-state index in [1.165, 1.54) is 0 Å². The molecule has 0 radical (unpaired) electrons. The summed E-state index contributed by atoms with van der Waals surface area (Å²) < 4.78 is 0. The third-order valence-corrected chi connectivity index (χ3v) is 4.18. The van der Waals surface area contributed by atoms with Crippen molar-refractivity contribution in [2.24, 2.45) is 0 Å². The Hall–Kier alpha value is -3.68. The van der Waals surface area contributed by atoms with Crippen molar-refractivity contribution in [3.05, 3.63) is 71.8 Å². The summed E-state index contributed by atoms with van der Waals surface area (Å²) in [6, 6.07) is 18.6. The molecule has 0 heterocycles. The van der Waals surface area contributed by atoms with Crippen molar-refractivity contribution in [2.45, 2.75) is 25.9 Å². The molecule has 0 aromatic heterocycles. The highest BCUT2D eigenvalue weighted by atomic mass is 16.2. The monoisotopic (exact) mass is 410 g/mol. The number of nitrogens with one attached hydrogen (secondary N) is 4. The fourth-order valence-corrected chi connectivity index (χ4v) is 2.53. The molecule has 30 heavy (non-hydrogen) atoms. The van der Waals surface area contributed by atoms with Gasteiger partial charge in [-0.1, -0.05) is 60.7 Å². The summed E-state index contributed by atoms with van der Waals surface area (Å²) in [6.45, 7) is 1.16. The molecule has 2 aromatic carbocycles. The van der Waals surface area contributed by atoms with E-state index in [2.05, 4.69) is 21.3 Å². The molecule has 0 aliphatic rings. The van der Waals surface area contributed by atoms with Gasteiger partial charge in [-0.25, -0.2) is 0 Å². The van der Waals surface area contributed by atoms with Crippen LogP contribution < -0.4 is 21.3 Å². The van der Waals surface area contributed by atoms with Crippen LogP contribution in [0, 0.1) is 0 Å². The lowest BCUT2D eigenvalue weighted by Gasteiger charge is -2.08. The van der Waals surface area contributed by atoms with Crippen LogP contribution in [0.25, 0.3) is 0 Å². The van der Waals surface area contributed by atoms with E-state index in [1.54, 1.807) is 0 Å². The smallest absolute Gasteiger partial charge is 0.309 e. The molecule has 8 nitrogen and oxygen atoms in total. The van der Waals surface area contributed by atoms with Gasteiger partial charge in [-0.2, -0.15) is 0 Å². The van der Waals surface area contributed by atoms with E-state index < -0.39 is 23.6 Å². The molecule has 0 unspecified atom stereocenters. The second kappa shape index (κ2) is 12.7. The molecule has 8 heteroatoms. The van der Waals surface area contributed by atoms with Crippen LogP contribution in [0.3, 0.4) is 0 Å². The Labute approximate surface area is 175 Å². The molecule has 0 saturated heterocycles. The second-order valence-electron chi connectivity index (χ2n) is 6.56. The van der Waals surface area contributed by atoms with E-state index in [9.17, 15) is 19.2 Å². The largest absolute Gasteiger partial charge is 0.348 e. The second-order valence-corrected chi connectivity index (χ2v) is 6.56. The third kappa shape index (κ3) is 8.55. The number of amides is 4. The first kappa shape index (κ1) is 22.6. The normalized spacial score (nSPS) is 10.0. The molecular formula is C22H26N4O4. The van der Waals surface area contributed by atoms with Crippen LogP contribution in [-0.2, 0) is 32.3 Å². The maximum absolute atomic E-state index is 11.7. The molecule has 2 rings (SSSR count). The Morgan fingerprint density at radius 3 is 1.20 bits per heavy atom. The summed E-state index contributed by atoms with van der Waals surface area (Å²) >= 11 is 0. The zero-order valence-electron chi connectivity index (χ0n) is 16.6. The molecule has 2 aromatic rings. The highest BCUT2D eigenvalue weighted by Gasteiger charge is 2.13. The maximum atomic E-state index is 11.7. The lowest BCUT2D eigenvalue weighted by Crippen LogP contribution is -2.41. The minimum atomic E-state index is -0.699. The zero-order valence-corrected chi connectivity index (χ0v) is 16.6. The van der Waals surface area contributed by atoms with Crippen molar-refractivity contribution in [2.75, 3.05) is 13.1 Å². The van der Waals surface area contributed by atoms with Gasteiger partial charge in [0.05, 0.1) is 0 Å². The SMILES string of the molecule is O=C(NCCCCNC(=O)C(=O)NCc1ccccc1)C(=O)NCc1ccccc1. The quantitative estimate of drug-likeness (QED) is 0.358. The standard InChI is InChI=1S/C22H26N4O4/c27-19(21(29)25-15-17-9-3-1-4-10-17)23-13-7-8-14-24-20(28)22(30)26-16-18-11-5-2-6-12-18/h1-6,9-12H,7-8,13-16H2,(H,23,27)(H,24,28)(H,25,29)(H,26,30). The molecular weight excluding hydrogens is 384 g/mol. The summed E-state index contributed by atoms with van der Waals surface area (Å²) in [7, 11) is 0. The van der Waals surface area contributed by atoms with Crippen LogP contribution in [0.2, 0.25) is 0 Å². The number of unbranched alkanes of at least 4 members (excludes halogenated alkanes) is 1. The van der Waals surface area contributed by atoms with Crippen LogP contribution in [0.15, 0.2) is 60.7 Å². The molecule has 0 aliphatic heterocycles. The van der Waals surface area contributed by atoms with Crippen molar-refractivity contribution in [3.63, 3.8) is 0 Å². The van der Waals surface area contributed by atoms with Gasteiger partial charge in [0, 0.05) is 26.2 Å². The molecule has 4 N–H and O–H groups in total. The number of benzene rings is 2. The molecule has 158 valence electrons. The highest BCUT2D eigenvalue weighted by Crippen LogP contribution is 1.97. The van der Waals surface area contributed by atoms with Gasteiger partial charge < -0.3 is 21.3 Å². The fraction of sp³-hybridized carbons (Fsp3) is 0.273. The fourth-order valence-electron chi connectivity index (χ4n) is 2.53. The van der Waals surface area contributed by atoms with E-state index in [0.29, 0.717) is 25.9 Å². The van der Waals surface area contributed by atoms with Gasteiger partial charge in [0.25, 0.3) is 0 Å². The molecule has 0 spiro atoms. The van der Waals surface area contributed by atoms with Gasteiger partial charge in [-0.05, 0) is 24.0 Å². The zero-order chi connectivity index (χ0) is 21.6. The predicted molar refractivity (Wildman–Crippen MR) is 112 cm³/mol. The first-order valence-electron chi connectivity index (χ1n) is 9.76. The highest BCUT2D eigenvalue weighted by molar-refractivity contribution is 6.35. The van der Waals surface area contributed by atoms with Gasteiger partial charge in [0.2, 0.25) is 0 Å². The van der Waals surface area contributed by atoms with Gasteiger partial charge in [-0.15, -0.1) is 0 Å². The van der Waals surface area contributed by atoms with Crippen LogP contribution in [0.4, 0.5) is 0 Å². The number of rotatable bonds is 9. The van der Waals surface area contributed by atoms with Gasteiger partial charge in [0.1, 0.15) is 0 Å². The van der Waals surface area contributed by atoms with Crippen molar-refractivity contribution < 1.29 is 19.2 Å². The van der Waals surface area contributed by atoms with Gasteiger partial charge in [0.15, 0.2) is 0 Å². The number of hydrogen-bond acceptors (Lipinski definition) is 4. The summed E-state index contributed by atoms with van der Waals surface area (Å²) in [6.07, 6.45) is 1.12. The molecule has 0 atom stereocenters. The molecule has 0 fully saturated rings. The number of carbonyl (C=O) groups excluding carboxylic acids is 4. The Bertz CT molecular complexity index is 769. The summed E-state index contributed by atoms with van der Waals surface area (Å²) in [5.74, 6) is -2.78. The van der Waals surface area contributed by atoms with E-state index in [0.717, 1.165) is 11.1 Å². The topological polar surface area (TPSA) is 116 Å². The van der Waals surface area contributed by atoms with Crippen LogP contribution in [-0.4, -0.2) is 36.7 Å². The van der Waals surface area contributed by atoms with E-state index in [1.807, 2.05) is 60.7 Å². The first-order chi connectivity index (χ1) is 14.6. The molecule has 4 amide bonds. The van der Waals surface area contributed by atoms with E-state index in [-0.39, 0.29) is 13.1 Å². The van der Waals surface area contributed by atoms with E-state index >= 15 is 0 Å². The first-order valence-corrected chi connectivity index (χ1v) is 9.76. The van der Waals surface area contributed by atoms with Crippen LogP contribution in [0.1, 0.15) is 24.0 Å². The van der Waals surface area contributed by atoms with Gasteiger partial charge in [-0.3, -0.25) is 19.2 Å². The van der Waals surface area contributed by atoms with Crippen LogP contribution >= 0.6 is 0 Å². The van der Waals surface area contributed by atoms with E-state index in [4.69, 9.17) is 0 Å². The Balaban J connectivity index is 1.51. The average Bonchev–Trinajstić information content (AvgIpc) is 2.79. The lowest BCUT2D eigenvalue weighted by atomic mass is 10.2. The van der Waals surface area contributed by atoms with Crippen molar-refractivity contribution >= 4 is 23.6 Å². The predicted octanol–water partition coefficient (Wildman–Crippen LogP) is 0.632. The summed E-state index contributed by atoms with van der Waals surface area (Å²) in [5, 5.41) is 10.1. The number of hydrogen-bond donors (Lipinski definition) is 4. The van der Waals surface area contributed by atoms with Gasteiger partial charge >= 0.3 is 23.6 Å². The molecule has 0 bridgehead atoms. The number of carbonyl (C=O) groups is 4.